The number of para-hydroxylation sites is 1. The molecule has 2 aliphatic rings. The van der Waals surface area contributed by atoms with Crippen molar-refractivity contribution in [3.8, 4) is 0 Å². The minimum atomic E-state index is -1.12. The van der Waals surface area contributed by atoms with Crippen LogP contribution in [0.2, 0.25) is 10.0 Å². The van der Waals surface area contributed by atoms with Gasteiger partial charge in [0.2, 0.25) is 5.91 Å². The summed E-state index contributed by atoms with van der Waals surface area (Å²) in [5.41, 5.74) is 1.08. The number of benzene rings is 3. The summed E-state index contributed by atoms with van der Waals surface area (Å²) in [5, 5.41) is 13.5. The Morgan fingerprint density at radius 3 is 2.24 bits per heavy atom. The van der Waals surface area contributed by atoms with E-state index in [0.717, 1.165) is 4.90 Å². The van der Waals surface area contributed by atoms with Crippen molar-refractivity contribution in [2.75, 3.05) is 9.96 Å². The predicted octanol–water partition coefficient (Wildman–Crippen LogP) is 4.95. The molecule has 3 atom stereocenters. The predicted molar refractivity (Wildman–Crippen MR) is 122 cm³/mol. The first-order valence-electron chi connectivity index (χ1n) is 9.95. The molecular weight excluding hydrogens is 469 g/mol. The van der Waals surface area contributed by atoms with Crippen LogP contribution in [0.5, 0.6) is 0 Å². The van der Waals surface area contributed by atoms with Crippen LogP contribution in [0.25, 0.3) is 0 Å². The van der Waals surface area contributed by atoms with Gasteiger partial charge >= 0.3 is 0 Å². The lowest BCUT2D eigenvalue weighted by Gasteiger charge is -2.29. The molecule has 2 saturated heterocycles. The fraction of sp³-hybridized carbons (Fsp3) is 0.130. The van der Waals surface area contributed by atoms with Crippen LogP contribution >= 0.6 is 23.2 Å². The van der Waals surface area contributed by atoms with Crippen LogP contribution in [0.3, 0.4) is 0 Å². The molecule has 10 heteroatoms. The number of carbonyl (C=O) groups excluding carboxylic acids is 2. The highest BCUT2D eigenvalue weighted by Crippen LogP contribution is 2.49. The van der Waals surface area contributed by atoms with Crippen LogP contribution in [0.15, 0.2) is 72.8 Å². The SMILES string of the molecule is O=C1[C@H]2[C@H](ON(c3ccccc3)[C@H]2c2cc([N+](=O)[O-])ccc2Cl)C(=O)N1c1ccc(Cl)cc1. The molecular formula is C23H15Cl2N3O5. The monoisotopic (exact) mass is 483 g/mol. The van der Waals surface area contributed by atoms with E-state index in [9.17, 15) is 19.7 Å². The Hall–Kier alpha value is -3.46. The zero-order valence-electron chi connectivity index (χ0n) is 16.8. The van der Waals surface area contributed by atoms with Gasteiger partial charge in [-0.3, -0.25) is 24.5 Å². The second-order valence-electron chi connectivity index (χ2n) is 7.61. The zero-order valence-corrected chi connectivity index (χ0v) is 18.3. The summed E-state index contributed by atoms with van der Waals surface area (Å²) in [6.07, 6.45) is -1.12. The average Bonchev–Trinajstić information content (AvgIpc) is 3.31. The molecule has 0 aromatic heterocycles. The summed E-state index contributed by atoms with van der Waals surface area (Å²) in [6.45, 7) is 0. The molecule has 8 nitrogen and oxygen atoms in total. The number of carbonyl (C=O) groups is 2. The van der Waals surface area contributed by atoms with Crippen LogP contribution < -0.4 is 9.96 Å². The van der Waals surface area contributed by atoms with Gasteiger partial charge in [-0.25, -0.2) is 9.96 Å². The van der Waals surface area contributed by atoms with E-state index >= 15 is 0 Å². The van der Waals surface area contributed by atoms with Gasteiger partial charge in [-0.05, 0) is 42.5 Å². The van der Waals surface area contributed by atoms with E-state index in [4.69, 9.17) is 28.0 Å². The molecule has 0 aliphatic carbocycles. The number of hydrogen-bond donors (Lipinski definition) is 0. The standard InChI is InChI=1S/C23H15Cl2N3O5/c24-13-6-8-14(9-7-13)26-22(29)19-20(17-12-16(28(31)32)10-11-18(17)25)27(33-21(19)23(26)30)15-4-2-1-3-5-15/h1-12,19-21H/t19-,20+,21+/m1/s1. The Bertz CT molecular complexity index is 1270. The molecule has 2 amide bonds. The van der Waals surface area contributed by atoms with E-state index < -0.39 is 34.8 Å². The Morgan fingerprint density at radius 2 is 1.58 bits per heavy atom. The number of amides is 2. The van der Waals surface area contributed by atoms with E-state index in [1.165, 1.54) is 23.3 Å². The number of anilines is 2. The Balaban J connectivity index is 1.63. The van der Waals surface area contributed by atoms with Crippen LogP contribution in [0.4, 0.5) is 17.1 Å². The molecule has 3 aromatic rings. The van der Waals surface area contributed by atoms with Crippen molar-refractivity contribution >= 4 is 52.1 Å². The maximum atomic E-state index is 13.6. The van der Waals surface area contributed by atoms with Crippen LogP contribution in [0, 0.1) is 16.0 Å². The summed E-state index contributed by atoms with van der Waals surface area (Å²) in [6, 6.07) is 18.3. The van der Waals surface area contributed by atoms with Crippen LogP contribution in [0.1, 0.15) is 11.6 Å². The minimum absolute atomic E-state index is 0.183. The average molecular weight is 484 g/mol. The third-order valence-corrected chi connectivity index (χ3v) is 6.32. The first-order chi connectivity index (χ1) is 15.9. The first kappa shape index (κ1) is 21.4. The zero-order chi connectivity index (χ0) is 23.3. The molecule has 0 saturated carbocycles. The highest BCUT2D eigenvalue weighted by Gasteiger charge is 2.60. The number of hydroxylamine groups is 1. The lowest BCUT2D eigenvalue weighted by molar-refractivity contribution is -0.384. The lowest BCUT2D eigenvalue weighted by Crippen LogP contribution is -2.37. The number of halogens is 2. The Kier molecular flexibility index (Phi) is 5.28. The van der Waals surface area contributed by atoms with Crippen molar-refractivity contribution in [1.82, 2.24) is 0 Å². The van der Waals surface area contributed by atoms with Gasteiger partial charge in [0.1, 0.15) is 5.92 Å². The second-order valence-corrected chi connectivity index (χ2v) is 8.45. The molecule has 2 heterocycles. The lowest BCUT2D eigenvalue weighted by atomic mass is 9.90. The summed E-state index contributed by atoms with van der Waals surface area (Å²) >= 11 is 12.4. The molecule has 0 unspecified atom stereocenters. The van der Waals surface area contributed by atoms with Gasteiger partial charge in [-0.2, -0.15) is 0 Å². The van der Waals surface area contributed by atoms with Gasteiger partial charge in [0.25, 0.3) is 11.6 Å². The molecule has 0 bridgehead atoms. The van der Waals surface area contributed by atoms with Crippen molar-refractivity contribution in [2.24, 2.45) is 5.92 Å². The summed E-state index contributed by atoms with van der Waals surface area (Å²) < 4.78 is 0. The van der Waals surface area contributed by atoms with E-state index in [1.54, 1.807) is 48.5 Å². The molecule has 0 N–H and O–H groups in total. The Morgan fingerprint density at radius 1 is 0.879 bits per heavy atom. The van der Waals surface area contributed by atoms with Gasteiger partial charge in [0.15, 0.2) is 6.10 Å². The number of hydrogen-bond acceptors (Lipinski definition) is 6. The summed E-state index contributed by atoms with van der Waals surface area (Å²) in [5.74, 6) is -1.98. The normalized spacial score (nSPS) is 22.1. The number of non-ortho nitro benzene ring substituents is 1. The third-order valence-electron chi connectivity index (χ3n) is 5.72. The summed E-state index contributed by atoms with van der Waals surface area (Å²) in [4.78, 5) is 44.8. The number of nitro groups is 1. The molecule has 5 rings (SSSR count). The number of nitro benzene ring substituents is 1. The topological polar surface area (TPSA) is 93.0 Å². The molecule has 2 fully saturated rings. The van der Waals surface area contributed by atoms with Crippen molar-refractivity contribution in [2.45, 2.75) is 12.1 Å². The number of imide groups is 1. The second kappa shape index (κ2) is 8.15. The molecule has 0 radical (unpaired) electrons. The fourth-order valence-corrected chi connectivity index (χ4v) is 4.60. The van der Waals surface area contributed by atoms with E-state index in [0.29, 0.717) is 22.0 Å². The number of nitrogens with zero attached hydrogens (tertiary/aromatic N) is 3. The van der Waals surface area contributed by atoms with Gasteiger partial charge in [0, 0.05) is 27.7 Å². The van der Waals surface area contributed by atoms with E-state index in [-0.39, 0.29) is 10.7 Å². The van der Waals surface area contributed by atoms with Crippen LogP contribution in [-0.4, -0.2) is 22.8 Å². The number of fused-ring (bicyclic) bond motifs is 1. The molecule has 0 spiro atoms. The highest BCUT2D eigenvalue weighted by molar-refractivity contribution is 6.32. The van der Waals surface area contributed by atoms with E-state index in [1.807, 2.05) is 6.07 Å². The van der Waals surface area contributed by atoms with Crippen molar-refractivity contribution in [3.63, 3.8) is 0 Å². The first-order valence-corrected chi connectivity index (χ1v) is 10.7. The highest BCUT2D eigenvalue weighted by atomic mass is 35.5. The van der Waals surface area contributed by atoms with Crippen molar-refractivity contribution in [1.29, 1.82) is 0 Å². The maximum Gasteiger partial charge on any atom is 0.269 e. The van der Waals surface area contributed by atoms with Gasteiger partial charge in [-0.15, -0.1) is 0 Å². The molecule has 33 heavy (non-hydrogen) atoms. The maximum absolute atomic E-state index is 13.6. The van der Waals surface area contributed by atoms with Gasteiger partial charge in [0.05, 0.1) is 22.3 Å². The van der Waals surface area contributed by atoms with E-state index in [2.05, 4.69) is 0 Å². The smallest absolute Gasteiger partial charge is 0.269 e. The molecule has 166 valence electrons. The molecule has 3 aromatic carbocycles. The minimum Gasteiger partial charge on any atom is -0.273 e. The summed E-state index contributed by atoms with van der Waals surface area (Å²) in [7, 11) is 0. The van der Waals surface area contributed by atoms with Gasteiger partial charge < -0.3 is 0 Å². The van der Waals surface area contributed by atoms with Gasteiger partial charge in [-0.1, -0.05) is 41.4 Å². The van der Waals surface area contributed by atoms with Crippen molar-refractivity contribution < 1.29 is 19.3 Å². The van der Waals surface area contributed by atoms with Crippen LogP contribution in [-0.2, 0) is 14.4 Å². The van der Waals surface area contributed by atoms with Crippen molar-refractivity contribution in [3.05, 3.63) is 98.5 Å². The largest absolute Gasteiger partial charge is 0.273 e. The Labute approximate surface area is 198 Å². The molecule has 2 aliphatic heterocycles. The quantitative estimate of drug-likeness (QED) is 0.296. The fourth-order valence-electron chi connectivity index (χ4n) is 4.25. The third kappa shape index (κ3) is 3.52. The number of rotatable bonds is 4.